The van der Waals surface area contributed by atoms with Crippen LogP contribution in [0.2, 0.25) is 0 Å². The average molecular weight is 258 g/mol. The second kappa shape index (κ2) is 10.3. The van der Waals surface area contributed by atoms with Crippen LogP contribution in [0, 0.1) is 0 Å². The minimum absolute atomic E-state index is 0.00177. The fraction of sp³-hybridized carbons (Fsp3) is 0.923. The van der Waals surface area contributed by atoms with Crippen LogP contribution in [0.3, 0.4) is 0 Å². The topological polar surface area (TPSA) is 59.6 Å². The molecule has 2 N–H and O–H groups in total. The Morgan fingerprint density at radius 1 is 1.28 bits per heavy atom. The van der Waals surface area contributed by atoms with Crippen LogP contribution in [-0.2, 0) is 14.3 Å². The van der Waals surface area contributed by atoms with E-state index in [1.165, 1.54) is 12.8 Å². The van der Waals surface area contributed by atoms with E-state index in [9.17, 15) is 4.79 Å². The van der Waals surface area contributed by atoms with Crippen molar-refractivity contribution >= 4 is 5.91 Å². The van der Waals surface area contributed by atoms with Crippen molar-refractivity contribution in [2.45, 2.75) is 38.1 Å². The third-order valence-corrected chi connectivity index (χ3v) is 3.07. The third kappa shape index (κ3) is 6.93. The summed E-state index contributed by atoms with van der Waals surface area (Å²) in [6.07, 6.45) is 5.35. The van der Waals surface area contributed by atoms with Crippen molar-refractivity contribution in [2.75, 3.05) is 40.0 Å². The van der Waals surface area contributed by atoms with Crippen molar-refractivity contribution in [3.63, 3.8) is 0 Å². The first-order valence-electron chi connectivity index (χ1n) is 6.92. The van der Waals surface area contributed by atoms with Crippen LogP contribution in [0.5, 0.6) is 0 Å². The zero-order valence-corrected chi connectivity index (χ0v) is 11.4. The van der Waals surface area contributed by atoms with Gasteiger partial charge < -0.3 is 20.1 Å². The smallest absolute Gasteiger partial charge is 0.237 e. The van der Waals surface area contributed by atoms with Gasteiger partial charge in [0.15, 0.2) is 0 Å². The monoisotopic (exact) mass is 258 g/mol. The predicted molar refractivity (Wildman–Crippen MR) is 70.6 cm³/mol. The van der Waals surface area contributed by atoms with Crippen LogP contribution in [0.25, 0.3) is 0 Å². The molecule has 0 aliphatic carbocycles. The summed E-state index contributed by atoms with van der Waals surface area (Å²) in [5.41, 5.74) is 0. The molecule has 1 aliphatic heterocycles. The number of hydrogen-bond acceptors (Lipinski definition) is 4. The van der Waals surface area contributed by atoms with Crippen molar-refractivity contribution in [3.05, 3.63) is 0 Å². The van der Waals surface area contributed by atoms with Gasteiger partial charge in [-0.15, -0.1) is 0 Å². The maximum atomic E-state index is 11.9. The van der Waals surface area contributed by atoms with Crippen LogP contribution in [0.15, 0.2) is 0 Å². The van der Waals surface area contributed by atoms with Gasteiger partial charge in [-0.3, -0.25) is 4.79 Å². The van der Waals surface area contributed by atoms with Gasteiger partial charge >= 0.3 is 0 Å². The molecule has 1 unspecified atom stereocenters. The molecule has 0 saturated carbocycles. The van der Waals surface area contributed by atoms with E-state index < -0.39 is 0 Å². The van der Waals surface area contributed by atoms with E-state index in [-0.39, 0.29) is 11.9 Å². The molecule has 1 fully saturated rings. The Hall–Kier alpha value is -0.650. The highest BCUT2D eigenvalue weighted by Gasteiger charge is 2.18. The molecule has 18 heavy (non-hydrogen) atoms. The highest BCUT2D eigenvalue weighted by molar-refractivity contribution is 5.81. The molecule has 1 saturated heterocycles. The summed E-state index contributed by atoms with van der Waals surface area (Å²) in [5, 5.41) is 6.25. The van der Waals surface area contributed by atoms with Crippen LogP contribution in [0.4, 0.5) is 0 Å². The first-order chi connectivity index (χ1) is 8.84. The quantitative estimate of drug-likeness (QED) is 0.629. The Morgan fingerprint density at radius 2 is 2.17 bits per heavy atom. The summed E-state index contributed by atoms with van der Waals surface area (Å²) >= 11 is 0. The van der Waals surface area contributed by atoms with Gasteiger partial charge in [0.05, 0.1) is 19.3 Å². The highest BCUT2D eigenvalue weighted by Crippen LogP contribution is 2.08. The van der Waals surface area contributed by atoms with Crippen molar-refractivity contribution < 1.29 is 14.3 Å². The van der Waals surface area contributed by atoms with Crippen molar-refractivity contribution in [2.24, 2.45) is 0 Å². The molecule has 1 rings (SSSR count). The van der Waals surface area contributed by atoms with Crippen LogP contribution in [0.1, 0.15) is 32.1 Å². The van der Waals surface area contributed by atoms with Gasteiger partial charge in [-0.05, 0) is 25.8 Å². The van der Waals surface area contributed by atoms with E-state index >= 15 is 0 Å². The molecule has 0 spiro atoms. The average Bonchev–Trinajstić information content (AvgIpc) is 2.66. The number of ether oxygens (including phenoxy) is 2. The number of carbonyl (C=O) groups excluding carboxylic acids is 1. The van der Waals surface area contributed by atoms with E-state index in [4.69, 9.17) is 9.47 Å². The molecule has 5 heteroatoms. The second-order valence-corrected chi connectivity index (χ2v) is 4.61. The summed E-state index contributed by atoms with van der Waals surface area (Å²) in [5.74, 6) is 0.133. The lowest BCUT2D eigenvalue weighted by Gasteiger charge is -2.15. The Morgan fingerprint density at radius 3 is 3.00 bits per heavy atom. The normalized spacial score (nSPS) is 20.4. The molecule has 1 aliphatic rings. The molecule has 0 aromatic heterocycles. The number of amides is 1. The number of rotatable bonds is 8. The molecule has 0 aromatic rings. The van der Waals surface area contributed by atoms with Crippen LogP contribution < -0.4 is 10.6 Å². The molecular weight excluding hydrogens is 232 g/mol. The van der Waals surface area contributed by atoms with Gasteiger partial charge in [0.2, 0.25) is 5.91 Å². The summed E-state index contributed by atoms with van der Waals surface area (Å²) < 4.78 is 10.2. The fourth-order valence-corrected chi connectivity index (χ4v) is 2.01. The van der Waals surface area contributed by atoms with Gasteiger partial charge in [0, 0.05) is 20.3 Å². The molecule has 1 atom stereocenters. The largest absolute Gasteiger partial charge is 0.382 e. The molecule has 1 heterocycles. The summed E-state index contributed by atoms with van der Waals surface area (Å²) in [7, 11) is 1.66. The first-order valence-corrected chi connectivity index (χ1v) is 6.92. The molecule has 0 aromatic carbocycles. The van der Waals surface area contributed by atoms with Gasteiger partial charge in [0.1, 0.15) is 0 Å². The SMILES string of the molecule is COCCOCCCNC(=O)C1CCCCCN1. The molecule has 0 bridgehead atoms. The maximum Gasteiger partial charge on any atom is 0.237 e. The van der Waals surface area contributed by atoms with E-state index in [0.29, 0.717) is 26.4 Å². The molecule has 106 valence electrons. The zero-order chi connectivity index (χ0) is 13.1. The number of hydrogen-bond donors (Lipinski definition) is 2. The molecule has 1 amide bonds. The van der Waals surface area contributed by atoms with Crippen molar-refractivity contribution in [1.82, 2.24) is 10.6 Å². The minimum Gasteiger partial charge on any atom is -0.382 e. The third-order valence-electron chi connectivity index (χ3n) is 3.07. The Balaban J connectivity index is 1.98. The van der Waals surface area contributed by atoms with E-state index in [0.717, 1.165) is 25.8 Å². The molecule has 0 radical (unpaired) electrons. The van der Waals surface area contributed by atoms with Gasteiger partial charge in [0.25, 0.3) is 0 Å². The summed E-state index contributed by atoms with van der Waals surface area (Å²) in [6.45, 7) is 3.55. The van der Waals surface area contributed by atoms with Gasteiger partial charge in [-0.1, -0.05) is 12.8 Å². The first kappa shape index (κ1) is 15.4. The van der Waals surface area contributed by atoms with Crippen LogP contribution in [-0.4, -0.2) is 52.0 Å². The lowest BCUT2D eigenvalue weighted by atomic mass is 10.1. The van der Waals surface area contributed by atoms with E-state index in [1.807, 2.05) is 0 Å². The van der Waals surface area contributed by atoms with Crippen molar-refractivity contribution in [1.29, 1.82) is 0 Å². The van der Waals surface area contributed by atoms with Crippen LogP contribution >= 0.6 is 0 Å². The Labute approximate surface area is 110 Å². The highest BCUT2D eigenvalue weighted by atomic mass is 16.5. The standard InChI is InChI=1S/C13H26N2O3/c1-17-10-11-18-9-5-8-15-13(16)12-6-3-2-4-7-14-12/h12,14H,2-11H2,1H3,(H,15,16). The van der Waals surface area contributed by atoms with Crippen molar-refractivity contribution in [3.8, 4) is 0 Å². The van der Waals surface area contributed by atoms with E-state index in [1.54, 1.807) is 7.11 Å². The van der Waals surface area contributed by atoms with Gasteiger partial charge in [-0.2, -0.15) is 0 Å². The molecular formula is C13H26N2O3. The minimum atomic E-state index is 0.00177. The number of methoxy groups -OCH3 is 1. The lowest BCUT2D eigenvalue weighted by molar-refractivity contribution is -0.123. The second-order valence-electron chi connectivity index (χ2n) is 4.61. The predicted octanol–water partition coefficient (Wildman–Crippen LogP) is 0.688. The zero-order valence-electron chi connectivity index (χ0n) is 11.4. The number of carbonyl (C=O) groups is 1. The maximum absolute atomic E-state index is 11.9. The fourth-order valence-electron chi connectivity index (χ4n) is 2.01. The summed E-state index contributed by atoms with van der Waals surface area (Å²) in [4.78, 5) is 11.9. The Bertz CT molecular complexity index is 216. The lowest BCUT2D eigenvalue weighted by Crippen LogP contribution is -2.44. The number of nitrogens with one attached hydrogen (secondary N) is 2. The molecule has 5 nitrogen and oxygen atoms in total. The summed E-state index contributed by atoms with van der Waals surface area (Å²) in [6, 6.07) is 0.00177. The Kier molecular flexibility index (Phi) is 8.81. The van der Waals surface area contributed by atoms with Gasteiger partial charge in [-0.25, -0.2) is 0 Å². The van der Waals surface area contributed by atoms with E-state index in [2.05, 4.69) is 10.6 Å².